The second-order valence-electron chi connectivity index (χ2n) is 24.4. The maximum absolute atomic E-state index is 5.73. The van der Waals surface area contributed by atoms with Crippen LogP contribution in [0.1, 0.15) is 0 Å². The van der Waals surface area contributed by atoms with E-state index in [0.29, 0.717) is 17.5 Å². The van der Waals surface area contributed by atoms with Crippen molar-refractivity contribution in [2.45, 2.75) is 0 Å². The first-order valence-electron chi connectivity index (χ1n) is 34.3. The van der Waals surface area contributed by atoms with E-state index in [4.69, 9.17) is 15.0 Å². The fourth-order valence-electron chi connectivity index (χ4n) is 13.4. The van der Waals surface area contributed by atoms with Crippen molar-refractivity contribution in [2.24, 2.45) is 0 Å². The van der Waals surface area contributed by atoms with Crippen LogP contribution in [0.4, 0.5) is 102 Å². The highest BCUT2D eigenvalue weighted by Crippen LogP contribution is 2.48. The fourth-order valence-corrected chi connectivity index (χ4v) is 13.4. The van der Waals surface area contributed by atoms with Crippen LogP contribution in [0.5, 0.6) is 0 Å². The van der Waals surface area contributed by atoms with Gasteiger partial charge in [-0.15, -0.1) is 0 Å². The van der Waals surface area contributed by atoms with Gasteiger partial charge in [0.15, 0.2) is 17.5 Å². The van der Waals surface area contributed by atoms with Gasteiger partial charge in [-0.3, -0.25) is 0 Å². The molecule has 0 aliphatic heterocycles. The second kappa shape index (κ2) is 29.4. The Bertz CT molecular complexity index is 4710. The van der Waals surface area contributed by atoms with E-state index in [1.165, 1.54) is 0 Å². The van der Waals surface area contributed by atoms with Gasteiger partial charge >= 0.3 is 0 Å². The van der Waals surface area contributed by atoms with Gasteiger partial charge in [-0.25, -0.2) is 15.0 Å². The van der Waals surface area contributed by atoms with Crippen LogP contribution >= 0.6 is 0 Å². The zero-order valence-corrected chi connectivity index (χ0v) is 55.9. The van der Waals surface area contributed by atoms with E-state index in [1.54, 1.807) is 0 Å². The van der Waals surface area contributed by atoms with Gasteiger partial charge in [0.05, 0.1) is 17.1 Å². The quantitative estimate of drug-likeness (QED) is 0.0700. The van der Waals surface area contributed by atoms with Crippen LogP contribution in [0.15, 0.2) is 419 Å². The highest BCUT2D eigenvalue weighted by atomic mass is 15.2. The summed E-state index contributed by atoms with van der Waals surface area (Å²) in [6, 6.07) is 146. The molecule has 0 amide bonds. The van der Waals surface area contributed by atoms with Crippen LogP contribution in [0.3, 0.4) is 0 Å². The summed E-state index contributed by atoms with van der Waals surface area (Å²) in [6.07, 6.45) is 0. The van der Waals surface area contributed by atoms with Crippen molar-refractivity contribution in [3.05, 3.63) is 419 Å². The number of anilines is 18. The van der Waals surface area contributed by atoms with Crippen LogP contribution < -0.4 is 29.4 Å². The number of nitrogens with zero attached hydrogens (tertiary/aromatic N) is 9. The van der Waals surface area contributed by atoms with Crippen LogP contribution in [0.2, 0.25) is 0 Å². The van der Waals surface area contributed by atoms with Crippen LogP contribution in [-0.4, -0.2) is 15.0 Å². The number of aromatic nitrogens is 3. The fraction of sp³-hybridized carbons (Fsp3) is 0. The highest BCUT2D eigenvalue weighted by Gasteiger charge is 2.27. The van der Waals surface area contributed by atoms with Gasteiger partial charge in [0.1, 0.15) is 0 Å². The summed E-state index contributed by atoms with van der Waals surface area (Å²) in [5.41, 5.74) is 20.2. The number of hydrogen-bond acceptors (Lipinski definition) is 9. The van der Waals surface area contributed by atoms with Crippen molar-refractivity contribution in [3.63, 3.8) is 0 Å². The molecule has 15 aromatic carbocycles. The summed E-state index contributed by atoms with van der Waals surface area (Å²) in [5.74, 6) is 1.46. The largest absolute Gasteiger partial charge is 0.311 e. The van der Waals surface area contributed by atoms with Crippen molar-refractivity contribution in [3.8, 4) is 34.2 Å². The monoisotopic (exact) mass is 1310 g/mol. The van der Waals surface area contributed by atoms with E-state index in [0.717, 1.165) is 119 Å². The molecular weight excluding hydrogens is 1240 g/mol. The van der Waals surface area contributed by atoms with E-state index >= 15 is 0 Å². The maximum atomic E-state index is 5.73. The molecule has 0 aliphatic rings. The molecule has 9 heteroatoms. The van der Waals surface area contributed by atoms with E-state index in [-0.39, 0.29) is 0 Å². The Balaban J connectivity index is 0.877. The van der Waals surface area contributed by atoms with Gasteiger partial charge < -0.3 is 29.4 Å². The lowest BCUT2D eigenvalue weighted by molar-refractivity contribution is 1.07. The first-order chi connectivity index (χ1) is 50.6. The van der Waals surface area contributed by atoms with E-state index in [2.05, 4.69) is 448 Å². The Labute approximate surface area is 596 Å². The van der Waals surface area contributed by atoms with Crippen LogP contribution in [0.25, 0.3) is 34.2 Å². The van der Waals surface area contributed by atoms with Crippen molar-refractivity contribution in [1.82, 2.24) is 15.0 Å². The average Bonchev–Trinajstić information content (AvgIpc) is 0.780. The summed E-state index contributed by atoms with van der Waals surface area (Å²) < 4.78 is 0. The summed E-state index contributed by atoms with van der Waals surface area (Å²) in [4.78, 5) is 30.9. The van der Waals surface area contributed by atoms with Crippen molar-refractivity contribution >= 4 is 102 Å². The van der Waals surface area contributed by atoms with E-state index in [1.807, 2.05) is 0 Å². The minimum atomic E-state index is 0.488. The zero-order valence-electron chi connectivity index (χ0n) is 55.9. The van der Waals surface area contributed by atoms with Crippen molar-refractivity contribution in [2.75, 3.05) is 29.4 Å². The molecule has 1 heterocycles. The summed E-state index contributed by atoms with van der Waals surface area (Å²) >= 11 is 0. The molecule has 16 rings (SSSR count). The Morgan fingerprint density at radius 1 is 0.118 bits per heavy atom. The Morgan fingerprint density at radius 3 is 0.422 bits per heavy atom. The third-order valence-electron chi connectivity index (χ3n) is 18.0. The molecular formula is C93H69N9. The molecule has 0 unspecified atom stereocenters. The molecule has 0 bridgehead atoms. The number of para-hydroxylation sites is 12. The van der Waals surface area contributed by atoms with Crippen LogP contribution in [-0.2, 0) is 0 Å². The molecule has 1 aromatic heterocycles. The molecule has 0 spiro atoms. The Kier molecular flexibility index (Phi) is 18.2. The predicted octanol–water partition coefficient (Wildman–Crippen LogP) is 25.7. The van der Waals surface area contributed by atoms with Crippen LogP contribution in [0, 0.1) is 0 Å². The van der Waals surface area contributed by atoms with Gasteiger partial charge in [0.25, 0.3) is 0 Å². The molecule has 0 aliphatic carbocycles. The summed E-state index contributed by atoms with van der Waals surface area (Å²) in [6.45, 7) is 0. The zero-order chi connectivity index (χ0) is 68.2. The van der Waals surface area contributed by atoms with Gasteiger partial charge in [0, 0.05) is 102 Å². The van der Waals surface area contributed by atoms with Gasteiger partial charge in [0.2, 0.25) is 0 Å². The Hall–Kier alpha value is -13.9. The lowest BCUT2D eigenvalue weighted by Crippen LogP contribution is -2.15. The molecule has 0 saturated heterocycles. The van der Waals surface area contributed by atoms with E-state index < -0.39 is 0 Å². The standard InChI is InChI=1S/C93H69N9/c1-10-34-70(35-11-1)97(71-36-12-2-13-37-71)79-58-64-82(65-59-79)100(76-46-22-7-23-47-76)88-55-31-28-52-85(88)91-94-92(86-53-29-32-56-89(86)101(77-48-24-8-25-49-77)83-66-60-80(61-67-83)98(72-38-14-3-15-39-72)73-40-16-4-17-41-73)96-93(95-91)87-54-30-33-57-90(87)102(78-50-26-9-27-51-78)84-68-62-81(63-69-84)99(74-42-18-5-19-43-74)75-44-20-6-21-45-75/h1-69H. The van der Waals surface area contributed by atoms with Crippen molar-refractivity contribution < 1.29 is 0 Å². The lowest BCUT2D eigenvalue weighted by Gasteiger charge is -2.30. The number of benzene rings is 15. The molecule has 102 heavy (non-hydrogen) atoms. The van der Waals surface area contributed by atoms with Crippen molar-refractivity contribution in [1.29, 1.82) is 0 Å². The SMILES string of the molecule is c1ccc(N(c2ccccc2)c2ccc(N(c3ccccc3)c3ccccc3-c3nc(-c4ccccc4N(c4ccccc4)c4ccc(N(c5ccccc5)c5ccccc5)cc4)nc(-c4ccccc4N(c4ccccc4)c4ccc(N(c5ccccc5)c5ccccc5)cc4)n3)cc2)cc1. The molecule has 0 fully saturated rings. The molecule has 0 saturated carbocycles. The number of rotatable bonds is 21. The second-order valence-corrected chi connectivity index (χ2v) is 24.4. The summed E-state index contributed by atoms with van der Waals surface area (Å²) in [5, 5.41) is 0. The summed E-state index contributed by atoms with van der Waals surface area (Å²) in [7, 11) is 0. The number of hydrogen-bond donors (Lipinski definition) is 0. The molecule has 16 aromatic rings. The minimum Gasteiger partial charge on any atom is -0.311 e. The van der Waals surface area contributed by atoms with Gasteiger partial charge in [-0.2, -0.15) is 0 Å². The molecule has 9 nitrogen and oxygen atoms in total. The smallest absolute Gasteiger partial charge is 0.166 e. The molecule has 486 valence electrons. The third kappa shape index (κ3) is 13.2. The average molecular weight is 1310 g/mol. The Morgan fingerprint density at radius 2 is 0.245 bits per heavy atom. The molecule has 0 atom stereocenters. The topological polar surface area (TPSA) is 58.1 Å². The van der Waals surface area contributed by atoms with E-state index in [9.17, 15) is 0 Å². The molecule has 0 radical (unpaired) electrons. The predicted molar refractivity (Wildman–Crippen MR) is 424 cm³/mol. The lowest BCUT2D eigenvalue weighted by atomic mass is 10.1. The minimum absolute atomic E-state index is 0.488. The maximum Gasteiger partial charge on any atom is 0.166 e. The van der Waals surface area contributed by atoms with Gasteiger partial charge in [-0.1, -0.05) is 200 Å². The normalized spacial score (nSPS) is 10.9. The first-order valence-corrected chi connectivity index (χ1v) is 34.3. The highest BCUT2D eigenvalue weighted by molar-refractivity contribution is 5.93. The molecule has 0 N–H and O–H groups in total. The first kappa shape index (κ1) is 62.9. The van der Waals surface area contributed by atoms with Gasteiger partial charge in [-0.05, 0) is 218 Å². The third-order valence-corrected chi connectivity index (χ3v) is 18.0.